The van der Waals surface area contributed by atoms with Gasteiger partial charge in [0.05, 0.1) is 19.2 Å². The molecule has 0 spiro atoms. The van der Waals surface area contributed by atoms with E-state index < -0.39 is 12.0 Å². The van der Waals surface area contributed by atoms with E-state index >= 15 is 0 Å². The molecule has 3 aromatic rings. The predicted molar refractivity (Wildman–Crippen MR) is 117 cm³/mol. The summed E-state index contributed by atoms with van der Waals surface area (Å²) < 4.78 is 16.6. The number of para-hydroxylation sites is 1. The summed E-state index contributed by atoms with van der Waals surface area (Å²) in [5.74, 6) is 1.95. The van der Waals surface area contributed by atoms with Gasteiger partial charge in [-0.15, -0.1) is 0 Å². The number of benzene rings is 2. The molecule has 2 aromatic carbocycles. The molecule has 8 nitrogen and oxygen atoms in total. The molecular weight excluding hydrogens is 410 g/mol. The van der Waals surface area contributed by atoms with Gasteiger partial charge in [0.1, 0.15) is 23.3 Å². The molecule has 0 aliphatic carbocycles. The molecule has 8 heteroatoms. The molecule has 32 heavy (non-hydrogen) atoms. The summed E-state index contributed by atoms with van der Waals surface area (Å²) in [4.78, 5) is 30.7. The third-order valence-corrected chi connectivity index (χ3v) is 5.33. The highest BCUT2D eigenvalue weighted by atomic mass is 16.5. The Hall–Kier alpha value is -3.65. The smallest absolute Gasteiger partial charge is 0.307 e. The van der Waals surface area contributed by atoms with Gasteiger partial charge >= 0.3 is 5.97 Å². The number of hydrogen-bond donors (Lipinski definition) is 1. The van der Waals surface area contributed by atoms with Gasteiger partial charge in [0.15, 0.2) is 0 Å². The van der Waals surface area contributed by atoms with E-state index in [9.17, 15) is 9.59 Å². The number of carbonyl (C=O) groups excluding carboxylic acids is 2. The topological polar surface area (TPSA) is 93.9 Å². The van der Waals surface area contributed by atoms with Crippen molar-refractivity contribution >= 4 is 11.9 Å². The van der Waals surface area contributed by atoms with E-state index in [4.69, 9.17) is 13.9 Å². The van der Waals surface area contributed by atoms with Crippen molar-refractivity contribution in [1.29, 1.82) is 0 Å². The highest BCUT2D eigenvalue weighted by Gasteiger charge is 2.33. The minimum atomic E-state index is -0.599. The van der Waals surface area contributed by atoms with Crippen LogP contribution in [-0.4, -0.2) is 48.0 Å². The summed E-state index contributed by atoms with van der Waals surface area (Å²) >= 11 is 0. The molecule has 1 aliphatic heterocycles. The van der Waals surface area contributed by atoms with Crippen molar-refractivity contribution in [1.82, 2.24) is 15.2 Å². The zero-order valence-corrected chi connectivity index (χ0v) is 18.0. The van der Waals surface area contributed by atoms with Crippen molar-refractivity contribution in [2.75, 3.05) is 20.2 Å². The Kier molecular flexibility index (Phi) is 6.51. The monoisotopic (exact) mass is 435 g/mol. The standard InChI is InChI=1S/C24H25N3O5/c1-16-20(15-27-12-11-25-23(29)21(27)14-22(28)30-2)26-24(31-16)17-7-6-10-19(13-17)32-18-8-4-3-5-9-18/h3-10,13,21H,11-12,14-15H2,1-2H3,(H,25,29). The van der Waals surface area contributed by atoms with Gasteiger partial charge in [-0.05, 0) is 37.3 Å². The summed E-state index contributed by atoms with van der Waals surface area (Å²) in [7, 11) is 1.32. The number of methoxy groups -OCH3 is 1. The minimum Gasteiger partial charge on any atom is -0.469 e. The lowest BCUT2D eigenvalue weighted by molar-refractivity contribution is -0.146. The molecule has 1 aliphatic rings. The molecule has 0 radical (unpaired) electrons. The Balaban J connectivity index is 1.52. The Morgan fingerprint density at radius 3 is 2.75 bits per heavy atom. The number of ether oxygens (including phenoxy) is 2. The SMILES string of the molecule is COC(=O)CC1C(=O)NCCN1Cc1nc(-c2cccc(Oc3ccccc3)c2)oc1C. The van der Waals surface area contributed by atoms with Crippen molar-refractivity contribution in [2.24, 2.45) is 0 Å². The lowest BCUT2D eigenvalue weighted by Gasteiger charge is -2.33. The number of piperazine rings is 1. The second kappa shape index (κ2) is 9.65. The van der Waals surface area contributed by atoms with E-state index in [1.807, 2.05) is 66.4 Å². The first-order valence-corrected chi connectivity index (χ1v) is 10.4. The first-order valence-electron chi connectivity index (χ1n) is 10.4. The molecule has 1 atom stereocenters. The van der Waals surface area contributed by atoms with E-state index in [1.165, 1.54) is 7.11 Å². The van der Waals surface area contributed by atoms with Crippen LogP contribution in [0.2, 0.25) is 0 Å². The van der Waals surface area contributed by atoms with E-state index in [0.717, 1.165) is 17.0 Å². The Morgan fingerprint density at radius 2 is 1.97 bits per heavy atom. The predicted octanol–water partition coefficient (Wildman–Crippen LogP) is 3.31. The van der Waals surface area contributed by atoms with E-state index in [-0.39, 0.29) is 12.3 Å². The van der Waals surface area contributed by atoms with Crippen LogP contribution in [0.3, 0.4) is 0 Å². The van der Waals surface area contributed by atoms with Crippen LogP contribution in [0.1, 0.15) is 17.9 Å². The summed E-state index contributed by atoms with van der Waals surface area (Å²) in [5, 5.41) is 2.80. The normalized spacial score (nSPS) is 16.4. The number of aromatic nitrogens is 1. The molecule has 0 bridgehead atoms. The van der Waals surface area contributed by atoms with E-state index in [0.29, 0.717) is 37.0 Å². The van der Waals surface area contributed by atoms with Crippen LogP contribution in [0.15, 0.2) is 59.0 Å². The van der Waals surface area contributed by atoms with Gasteiger partial charge < -0.3 is 19.2 Å². The fraction of sp³-hybridized carbons (Fsp3) is 0.292. The highest BCUT2D eigenvalue weighted by molar-refractivity contribution is 5.87. The summed E-state index contributed by atoms with van der Waals surface area (Å²) in [6, 6.07) is 16.5. The van der Waals surface area contributed by atoms with Crippen molar-refractivity contribution in [3.8, 4) is 23.0 Å². The first kappa shape index (κ1) is 21.6. The van der Waals surface area contributed by atoms with Crippen LogP contribution >= 0.6 is 0 Å². The summed E-state index contributed by atoms with van der Waals surface area (Å²) in [5.41, 5.74) is 1.51. The van der Waals surface area contributed by atoms with Crippen molar-refractivity contribution in [3.63, 3.8) is 0 Å². The Morgan fingerprint density at radius 1 is 1.19 bits per heavy atom. The third kappa shape index (κ3) is 4.97. The lowest BCUT2D eigenvalue weighted by Crippen LogP contribution is -2.55. The number of carbonyl (C=O) groups is 2. The molecule has 1 unspecified atom stereocenters. The molecule has 1 saturated heterocycles. The number of hydrogen-bond acceptors (Lipinski definition) is 7. The second-order valence-corrected chi connectivity index (χ2v) is 7.52. The number of esters is 1. The van der Waals surface area contributed by atoms with Gasteiger partial charge in [0, 0.05) is 25.2 Å². The fourth-order valence-corrected chi connectivity index (χ4v) is 3.62. The van der Waals surface area contributed by atoms with Crippen molar-refractivity contribution < 1.29 is 23.5 Å². The van der Waals surface area contributed by atoms with Crippen LogP contribution in [0, 0.1) is 6.92 Å². The fourth-order valence-electron chi connectivity index (χ4n) is 3.62. The maximum absolute atomic E-state index is 12.3. The minimum absolute atomic E-state index is 0.00897. The Bertz CT molecular complexity index is 1100. The largest absolute Gasteiger partial charge is 0.469 e. The molecule has 1 aromatic heterocycles. The average molecular weight is 435 g/mol. The van der Waals surface area contributed by atoms with Gasteiger partial charge in [-0.2, -0.15) is 0 Å². The molecule has 166 valence electrons. The van der Waals surface area contributed by atoms with Crippen molar-refractivity contribution in [2.45, 2.75) is 25.9 Å². The number of aryl methyl sites for hydroxylation is 1. The van der Waals surface area contributed by atoms with Crippen LogP contribution in [0.5, 0.6) is 11.5 Å². The lowest BCUT2D eigenvalue weighted by atomic mass is 10.1. The van der Waals surface area contributed by atoms with Crippen molar-refractivity contribution in [3.05, 3.63) is 66.1 Å². The van der Waals surface area contributed by atoms with Crippen LogP contribution < -0.4 is 10.1 Å². The first-order chi connectivity index (χ1) is 15.5. The number of nitrogens with one attached hydrogen (secondary N) is 1. The number of nitrogens with zero attached hydrogens (tertiary/aromatic N) is 2. The maximum Gasteiger partial charge on any atom is 0.307 e. The van der Waals surface area contributed by atoms with E-state index in [2.05, 4.69) is 10.3 Å². The van der Waals surface area contributed by atoms with Gasteiger partial charge in [-0.1, -0.05) is 24.3 Å². The molecule has 2 heterocycles. The van der Waals surface area contributed by atoms with Gasteiger partial charge in [-0.3, -0.25) is 14.5 Å². The van der Waals surface area contributed by atoms with Gasteiger partial charge in [0.2, 0.25) is 11.8 Å². The molecule has 1 fully saturated rings. The van der Waals surface area contributed by atoms with Gasteiger partial charge in [0.25, 0.3) is 0 Å². The van der Waals surface area contributed by atoms with Gasteiger partial charge in [-0.25, -0.2) is 4.98 Å². The Labute approximate surface area is 186 Å². The van der Waals surface area contributed by atoms with Crippen LogP contribution in [0.25, 0.3) is 11.5 Å². The quantitative estimate of drug-likeness (QED) is 0.569. The number of rotatable bonds is 7. The maximum atomic E-state index is 12.3. The average Bonchev–Trinajstić information content (AvgIpc) is 3.17. The highest BCUT2D eigenvalue weighted by Crippen LogP contribution is 2.29. The number of oxazole rings is 1. The van der Waals surface area contributed by atoms with E-state index in [1.54, 1.807) is 0 Å². The molecule has 0 saturated carbocycles. The number of amides is 1. The molecule has 4 rings (SSSR count). The summed E-state index contributed by atoms with van der Waals surface area (Å²) in [6.45, 7) is 3.36. The zero-order chi connectivity index (χ0) is 22.5. The molecular formula is C24H25N3O5. The zero-order valence-electron chi connectivity index (χ0n) is 18.0. The molecule has 1 N–H and O–H groups in total. The second-order valence-electron chi connectivity index (χ2n) is 7.52. The summed E-state index contributed by atoms with van der Waals surface area (Å²) in [6.07, 6.45) is -0.00897. The van der Waals surface area contributed by atoms with Crippen LogP contribution in [-0.2, 0) is 20.9 Å². The van der Waals surface area contributed by atoms with Crippen LogP contribution in [0.4, 0.5) is 0 Å². The third-order valence-electron chi connectivity index (χ3n) is 5.33. The molecule has 1 amide bonds.